The van der Waals surface area contributed by atoms with Gasteiger partial charge in [-0.3, -0.25) is 0 Å². The third kappa shape index (κ3) is 6.58. The quantitative estimate of drug-likeness (QED) is 0.186. The molecule has 2 unspecified atom stereocenters. The summed E-state index contributed by atoms with van der Waals surface area (Å²) in [5.41, 5.74) is 6.90. The van der Waals surface area contributed by atoms with Gasteiger partial charge < -0.3 is 25.3 Å². The van der Waals surface area contributed by atoms with Gasteiger partial charge in [0.1, 0.15) is 5.75 Å². The molecule has 0 saturated carbocycles. The number of para-hydroxylation sites is 1. The number of carboxylic acids is 2. The van der Waals surface area contributed by atoms with Gasteiger partial charge in [-0.25, -0.2) is 9.59 Å². The zero-order chi connectivity index (χ0) is 28.8. The van der Waals surface area contributed by atoms with Gasteiger partial charge in [-0.1, -0.05) is 66.7 Å². The Labute approximate surface area is 238 Å². The summed E-state index contributed by atoms with van der Waals surface area (Å²) < 4.78 is 5.62. The Bertz CT molecular complexity index is 1660. The molecule has 0 saturated heterocycles. The fourth-order valence-electron chi connectivity index (χ4n) is 5.85. The van der Waals surface area contributed by atoms with Gasteiger partial charge in [0.15, 0.2) is 0 Å². The Morgan fingerprint density at radius 3 is 2.46 bits per heavy atom. The van der Waals surface area contributed by atoms with Gasteiger partial charge >= 0.3 is 11.9 Å². The number of carbonyl (C=O) groups is 2. The van der Waals surface area contributed by atoms with E-state index in [0.717, 1.165) is 38.0 Å². The second kappa shape index (κ2) is 12.7. The molecule has 1 aromatic heterocycles. The lowest BCUT2D eigenvalue weighted by atomic mass is 9.76. The van der Waals surface area contributed by atoms with Gasteiger partial charge in [-0.05, 0) is 83.5 Å². The van der Waals surface area contributed by atoms with Gasteiger partial charge in [0.2, 0.25) is 0 Å². The normalized spacial score (nSPS) is 16.0. The number of H-pyrrole nitrogens is 1. The highest BCUT2D eigenvalue weighted by molar-refractivity contribution is 6.27. The van der Waals surface area contributed by atoms with Crippen LogP contribution in [0.2, 0.25) is 0 Å². The molecule has 210 valence electrons. The summed E-state index contributed by atoms with van der Waals surface area (Å²) >= 11 is 0. The lowest BCUT2D eigenvalue weighted by Crippen LogP contribution is -2.40. The van der Waals surface area contributed by atoms with Gasteiger partial charge in [0, 0.05) is 29.1 Å². The van der Waals surface area contributed by atoms with Crippen LogP contribution in [0, 0.1) is 0 Å². The molecule has 0 spiro atoms. The van der Waals surface area contributed by atoms with Crippen LogP contribution in [0.5, 0.6) is 5.75 Å². The topological polar surface area (TPSA) is 112 Å². The highest BCUT2D eigenvalue weighted by Gasteiger charge is 2.30. The molecule has 4 N–H and O–H groups in total. The number of aryl methyl sites for hydroxylation is 1. The Kier molecular flexibility index (Phi) is 8.65. The van der Waals surface area contributed by atoms with Crippen LogP contribution >= 0.6 is 0 Å². The lowest BCUT2D eigenvalue weighted by molar-refractivity contribution is -0.159. The van der Waals surface area contributed by atoms with Crippen LogP contribution in [0.1, 0.15) is 34.6 Å². The van der Waals surface area contributed by atoms with E-state index in [1.165, 1.54) is 43.9 Å². The lowest BCUT2D eigenvalue weighted by Gasteiger charge is -2.35. The third-order valence-corrected chi connectivity index (χ3v) is 7.89. The number of ether oxygens (including phenoxy) is 1. The number of hydrogen-bond donors (Lipinski definition) is 4. The Balaban J connectivity index is 0.000000511. The molecule has 0 amide bonds. The number of nitrogens with one attached hydrogen (secondary N) is 2. The van der Waals surface area contributed by atoms with Gasteiger partial charge in [0.25, 0.3) is 0 Å². The standard InChI is InChI=1S/C32H32N2O.C2H2O4/c1-35-27-14-12-24-13-15-32(33-17-16-26-21-34-31-9-5-4-8-28(26)31)30(29(24)20-27)19-22-10-11-23-6-2-3-7-25(23)18-22;3-1(4)2(5)6/h2-12,14,18,20-21,30,32-34H,13,15-17,19H2,1H3;(H,3,4)(H,5,6). The number of benzene rings is 4. The molecule has 0 aliphatic heterocycles. The molecular weight excluding hydrogens is 516 g/mol. The van der Waals surface area contributed by atoms with Crippen LogP contribution in [0.25, 0.3) is 21.7 Å². The summed E-state index contributed by atoms with van der Waals surface area (Å²) in [6.45, 7) is 0.972. The van der Waals surface area contributed by atoms with Crippen molar-refractivity contribution in [2.75, 3.05) is 13.7 Å². The predicted octanol–water partition coefficient (Wildman–Crippen LogP) is 5.96. The number of aromatic amines is 1. The van der Waals surface area contributed by atoms with Crippen molar-refractivity contribution in [1.29, 1.82) is 0 Å². The Hall–Kier alpha value is -4.62. The van der Waals surface area contributed by atoms with Crippen molar-refractivity contribution in [3.63, 3.8) is 0 Å². The molecule has 5 aromatic rings. The average Bonchev–Trinajstić information content (AvgIpc) is 3.41. The van der Waals surface area contributed by atoms with Crippen molar-refractivity contribution in [1.82, 2.24) is 10.3 Å². The SMILES string of the molecule is COc1ccc2c(c1)C(Cc1ccc3ccccc3c1)C(NCCc1c[nH]c3ccccc13)CC2.O=C(O)C(=O)O. The van der Waals surface area contributed by atoms with E-state index >= 15 is 0 Å². The zero-order valence-electron chi connectivity index (χ0n) is 23.0. The van der Waals surface area contributed by atoms with E-state index < -0.39 is 11.9 Å². The van der Waals surface area contributed by atoms with E-state index in [0.29, 0.717) is 12.0 Å². The number of hydrogen-bond acceptors (Lipinski definition) is 4. The van der Waals surface area contributed by atoms with E-state index in [4.69, 9.17) is 24.5 Å². The maximum absolute atomic E-state index is 9.10. The minimum Gasteiger partial charge on any atom is -0.497 e. The first-order valence-corrected chi connectivity index (χ1v) is 13.8. The van der Waals surface area contributed by atoms with Crippen molar-refractivity contribution < 1.29 is 24.5 Å². The predicted molar refractivity (Wildman–Crippen MR) is 161 cm³/mol. The number of methoxy groups -OCH3 is 1. The molecule has 4 aromatic carbocycles. The number of fused-ring (bicyclic) bond motifs is 3. The first kappa shape index (κ1) is 27.9. The minimum atomic E-state index is -1.82. The fraction of sp³-hybridized carbons (Fsp3) is 0.235. The molecule has 1 aliphatic rings. The monoisotopic (exact) mass is 550 g/mol. The van der Waals surface area contributed by atoms with E-state index in [-0.39, 0.29) is 0 Å². The highest BCUT2D eigenvalue weighted by atomic mass is 16.5. The van der Waals surface area contributed by atoms with E-state index in [9.17, 15) is 0 Å². The van der Waals surface area contributed by atoms with Crippen molar-refractivity contribution in [2.45, 2.75) is 37.6 Å². The van der Waals surface area contributed by atoms with Crippen molar-refractivity contribution in [2.24, 2.45) is 0 Å². The first-order chi connectivity index (χ1) is 19.9. The van der Waals surface area contributed by atoms with Gasteiger partial charge in [-0.2, -0.15) is 0 Å². The molecule has 0 fully saturated rings. The van der Waals surface area contributed by atoms with Crippen LogP contribution in [0.15, 0.2) is 91.1 Å². The summed E-state index contributed by atoms with van der Waals surface area (Å²) in [6.07, 6.45) is 6.48. The highest BCUT2D eigenvalue weighted by Crippen LogP contribution is 2.37. The molecule has 1 heterocycles. The van der Waals surface area contributed by atoms with Gasteiger partial charge in [0.05, 0.1) is 7.11 Å². The first-order valence-electron chi connectivity index (χ1n) is 13.8. The number of rotatable bonds is 7. The number of carboxylic acid groups (broad SMARTS) is 2. The van der Waals surface area contributed by atoms with Crippen LogP contribution in [0.3, 0.4) is 0 Å². The summed E-state index contributed by atoms with van der Waals surface area (Å²) in [5, 5.41) is 22.7. The molecule has 7 nitrogen and oxygen atoms in total. The van der Waals surface area contributed by atoms with Crippen LogP contribution in [0.4, 0.5) is 0 Å². The average molecular weight is 551 g/mol. The fourth-order valence-corrected chi connectivity index (χ4v) is 5.85. The molecule has 1 aliphatic carbocycles. The summed E-state index contributed by atoms with van der Waals surface area (Å²) in [7, 11) is 1.76. The summed E-state index contributed by atoms with van der Waals surface area (Å²) in [4.78, 5) is 21.6. The smallest absolute Gasteiger partial charge is 0.414 e. The van der Waals surface area contributed by atoms with E-state index in [2.05, 4.69) is 101 Å². The Morgan fingerprint density at radius 2 is 1.68 bits per heavy atom. The molecule has 0 bridgehead atoms. The van der Waals surface area contributed by atoms with Crippen molar-refractivity contribution in [3.8, 4) is 5.75 Å². The number of aromatic nitrogens is 1. The van der Waals surface area contributed by atoms with Gasteiger partial charge in [-0.15, -0.1) is 0 Å². The molecule has 2 atom stereocenters. The zero-order valence-corrected chi connectivity index (χ0v) is 23.0. The molecule has 6 rings (SSSR count). The van der Waals surface area contributed by atoms with Crippen molar-refractivity contribution in [3.05, 3.63) is 113 Å². The van der Waals surface area contributed by atoms with Crippen LogP contribution in [-0.4, -0.2) is 46.8 Å². The minimum absolute atomic E-state index is 0.415. The largest absolute Gasteiger partial charge is 0.497 e. The molecule has 0 radical (unpaired) electrons. The van der Waals surface area contributed by atoms with Crippen LogP contribution < -0.4 is 10.1 Å². The third-order valence-electron chi connectivity index (χ3n) is 7.89. The number of aliphatic carboxylic acids is 2. The molecular formula is C34H34N2O5. The van der Waals surface area contributed by atoms with Crippen LogP contribution in [-0.2, 0) is 28.9 Å². The summed E-state index contributed by atoms with van der Waals surface area (Å²) in [5.74, 6) is -2.28. The molecule has 41 heavy (non-hydrogen) atoms. The Morgan fingerprint density at radius 1 is 0.927 bits per heavy atom. The molecule has 7 heteroatoms. The second-order valence-electron chi connectivity index (χ2n) is 10.4. The maximum atomic E-state index is 9.10. The second-order valence-corrected chi connectivity index (χ2v) is 10.4. The van der Waals surface area contributed by atoms with Crippen molar-refractivity contribution >= 4 is 33.6 Å². The maximum Gasteiger partial charge on any atom is 0.414 e. The summed E-state index contributed by atoms with van der Waals surface area (Å²) in [6, 6.07) is 31.2. The van der Waals surface area contributed by atoms with E-state index in [1.54, 1.807) is 7.11 Å². The van der Waals surface area contributed by atoms with E-state index in [1.807, 2.05) is 0 Å².